The number of hydrogen-bond donors (Lipinski definition) is 1. The van der Waals surface area contributed by atoms with Crippen molar-refractivity contribution in [3.8, 4) is 0 Å². The fourth-order valence-corrected chi connectivity index (χ4v) is 1.50. The van der Waals surface area contributed by atoms with Crippen molar-refractivity contribution in [3.63, 3.8) is 0 Å². The maximum absolute atomic E-state index is 9.26. The fourth-order valence-electron chi connectivity index (χ4n) is 1.50. The average molecular weight is 199 g/mol. The van der Waals surface area contributed by atoms with Gasteiger partial charge in [0.05, 0.1) is 6.10 Å². The molecule has 0 saturated heterocycles. The van der Waals surface area contributed by atoms with E-state index >= 15 is 0 Å². The van der Waals surface area contributed by atoms with Crippen LogP contribution in [0.25, 0.3) is 0 Å². The van der Waals surface area contributed by atoms with Gasteiger partial charge in [-0.25, -0.2) is 0 Å². The zero-order valence-corrected chi connectivity index (χ0v) is 10.1. The monoisotopic (exact) mass is 199 g/mol. The van der Waals surface area contributed by atoms with Gasteiger partial charge in [-0.3, -0.25) is 0 Å². The SMILES string of the molecule is CCCCCCCC[CH]C(C)C(C)O. The van der Waals surface area contributed by atoms with Crippen LogP contribution < -0.4 is 0 Å². The summed E-state index contributed by atoms with van der Waals surface area (Å²) in [4.78, 5) is 0. The Labute approximate surface area is 89.9 Å². The smallest absolute Gasteiger partial charge is 0.0540 e. The molecule has 85 valence electrons. The van der Waals surface area contributed by atoms with E-state index in [1.807, 2.05) is 6.92 Å². The molecule has 0 heterocycles. The van der Waals surface area contributed by atoms with Crippen LogP contribution in [0.5, 0.6) is 0 Å². The van der Waals surface area contributed by atoms with Gasteiger partial charge < -0.3 is 5.11 Å². The molecule has 0 rings (SSSR count). The largest absolute Gasteiger partial charge is 0.393 e. The summed E-state index contributed by atoms with van der Waals surface area (Å²) in [5, 5.41) is 9.26. The maximum atomic E-state index is 9.26. The van der Waals surface area contributed by atoms with Crippen LogP contribution in [0.2, 0.25) is 0 Å². The molecule has 1 N–H and O–H groups in total. The predicted molar refractivity (Wildman–Crippen MR) is 63.1 cm³/mol. The lowest BCUT2D eigenvalue weighted by Crippen LogP contribution is -2.13. The first-order valence-corrected chi connectivity index (χ1v) is 6.19. The van der Waals surface area contributed by atoms with Gasteiger partial charge in [-0.05, 0) is 25.7 Å². The first-order valence-electron chi connectivity index (χ1n) is 6.19. The van der Waals surface area contributed by atoms with Gasteiger partial charge in [0.15, 0.2) is 0 Å². The van der Waals surface area contributed by atoms with E-state index in [0.717, 1.165) is 6.42 Å². The standard InChI is InChI=1S/C13H27O/c1-4-5-6-7-8-9-10-11-12(2)13(3)14/h11-14H,4-10H2,1-3H3. The third kappa shape index (κ3) is 8.55. The molecule has 0 saturated carbocycles. The van der Waals surface area contributed by atoms with Crippen molar-refractivity contribution >= 4 is 0 Å². The predicted octanol–water partition coefficient (Wildman–Crippen LogP) is 3.96. The van der Waals surface area contributed by atoms with E-state index in [0.29, 0.717) is 5.92 Å². The molecule has 0 aliphatic rings. The van der Waals surface area contributed by atoms with Crippen LogP contribution >= 0.6 is 0 Å². The first-order chi connectivity index (χ1) is 6.68. The molecular formula is C13H27O. The average Bonchev–Trinajstić information content (AvgIpc) is 2.16. The molecule has 0 bridgehead atoms. The van der Waals surface area contributed by atoms with Gasteiger partial charge >= 0.3 is 0 Å². The van der Waals surface area contributed by atoms with Crippen LogP contribution in [0.4, 0.5) is 0 Å². The van der Waals surface area contributed by atoms with E-state index < -0.39 is 0 Å². The molecule has 0 amide bonds. The Morgan fingerprint density at radius 3 is 2.14 bits per heavy atom. The minimum Gasteiger partial charge on any atom is -0.393 e. The number of unbranched alkanes of at least 4 members (excludes halogenated alkanes) is 6. The minimum absolute atomic E-state index is 0.185. The van der Waals surface area contributed by atoms with E-state index in [9.17, 15) is 5.11 Å². The molecule has 14 heavy (non-hydrogen) atoms. The summed E-state index contributed by atoms with van der Waals surface area (Å²) < 4.78 is 0. The van der Waals surface area contributed by atoms with E-state index in [-0.39, 0.29) is 6.10 Å². The van der Waals surface area contributed by atoms with Crippen molar-refractivity contribution in [2.24, 2.45) is 5.92 Å². The third-order valence-electron chi connectivity index (χ3n) is 2.86. The summed E-state index contributed by atoms with van der Waals surface area (Å²) in [6.07, 6.45) is 11.4. The van der Waals surface area contributed by atoms with Crippen molar-refractivity contribution in [1.82, 2.24) is 0 Å². The second kappa shape index (κ2) is 9.51. The summed E-state index contributed by atoms with van der Waals surface area (Å²) in [5.41, 5.74) is 0. The highest BCUT2D eigenvalue weighted by Crippen LogP contribution is 2.13. The molecule has 0 fully saturated rings. The van der Waals surface area contributed by atoms with Gasteiger partial charge in [0.1, 0.15) is 0 Å². The van der Waals surface area contributed by atoms with Gasteiger partial charge in [-0.1, -0.05) is 52.4 Å². The van der Waals surface area contributed by atoms with E-state index in [2.05, 4.69) is 20.3 Å². The summed E-state index contributed by atoms with van der Waals surface area (Å²) in [6, 6.07) is 0. The lowest BCUT2D eigenvalue weighted by atomic mass is 9.98. The van der Waals surface area contributed by atoms with Gasteiger partial charge in [-0.15, -0.1) is 0 Å². The fraction of sp³-hybridized carbons (Fsp3) is 0.923. The zero-order chi connectivity index (χ0) is 10.8. The number of aliphatic hydroxyl groups excluding tert-OH is 1. The Hall–Kier alpha value is -0.0400. The molecule has 1 nitrogen and oxygen atoms in total. The Morgan fingerprint density at radius 1 is 1.00 bits per heavy atom. The molecule has 1 radical (unpaired) electrons. The summed E-state index contributed by atoms with van der Waals surface area (Å²) >= 11 is 0. The van der Waals surface area contributed by atoms with Crippen LogP contribution in [0.15, 0.2) is 0 Å². The van der Waals surface area contributed by atoms with Crippen LogP contribution in [-0.2, 0) is 0 Å². The lowest BCUT2D eigenvalue weighted by molar-refractivity contribution is 0.148. The van der Waals surface area contributed by atoms with Crippen LogP contribution in [-0.4, -0.2) is 11.2 Å². The van der Waals surface area contributed by atoms with Crippen LogP contribution in [0, 0.1) is 12.3 Å². The van der Waals surface area contributed by atoms with Gasteiger partial charge in [0, 0.05) is 0 Å². The normalized spacial score (nSPS) is 15.4. The van der Waals surface area contributed by atoms with Crippen molar-refractivity contribution in [3.05, 3.63) is 6.42 Å². The molecule has 0 aliphatic carbocycles. The summed E-state index contributed by atoms with van der Waals surface area (Å²) in [7, 11) is 0. The van der Waals surface area contributed by atoms with Crippen molar-refractivity contribution in [1.29, 1.82) is 0 Å². The topological polar surface area (TPSA) is 20.2 Å². The second-order valence-corrected chi connectivity index (χ2v) is 4.39. The Kier molecular flexibility index (Phi) is 9.49. The van der Waals surface area contributed by atoms with E-state index in [1.54, 1.807) is 0 Å². The van der Waals surface area contributed by atoms with E-state index in [4.69, 9.17) is 0 Å². The molecule has 1 heteroatoms. The molecule has 2 unspecified atom stereocenters. The highest BCUT2D eigenvalue weighted by Gasteiger charge is 2.07. The van der Waals surface area contributed by atoms with Crippen LogP contribution in [0.3, 0.4) is 0 Å². The number of aliphatic hydroxyl groups is 1. The van der Waals surface area contributed by atoms with Crippen LogP contribution in [0.1, 0.15) is 65.7 Å². The van der Waals surface area contributed by atoms with E-state index in [1.165, 1.54) is 38.5 Å². The first kappa shape index (κ1) is 14.0. The molecule has 0 spiro atoms. The minimum atomic E-state index is -0.185. The Morgan fingerprint density at radius 2 is 1.57 bits per heavy atom. The maximum Gasteiger partial charge on any atom is 0.0540 e. The highest BCUT2D eigenvalue weighted by atomic mass is 16.3. The summed E-state index contributed by atoms with van der Waals surface area (Å²) in [5.74, 6) is 0.352. The quantitative estimate of drug-likeness (QED) is 0.557. The summed E-state index contributed by atoms with van der Waals surface area (Å²) in [6.45, 7) is 6.20. The highest BCUT2D eigenvalue weighted by molar-refractivity contribution is 4.76. The van der Waals surface area contributed by atoms with Crippen molar-refractivity contribution in [2.75, 3.05) is 0 Å². The van der Waals surface area contributed by atoms with Gasteiger partial charge in [-0.2, -0.15) is 0 Å². The third-order valence-corrected chi connectivity index (χ3v) is 2.86. The molecule has 0 aromatic carbocycles. The second-order valence-electron chi connectivity index (χ2n) is 4.39. The van der Waals surface area contributed by atoms with Gasteiger partial charge in [0.2, 0.25) is 0 Å². The van der Waals surface area contributed by atoms with Crippen molar-refractivity contribution in [2.45, 2.75) is 71.8 Å². The Balaban J connectivity index is 3.06. The number of rotatable bonds is 9. The molecule has 0 aromatic heterocycles. The molecular weight excluding hydrogens is 172 g/mol. The zero-order valence-electron chi connectivity index (χ0n) is 10.1. The molecule has 2 atom stereocenters. The Bertz CT molecular complexity index is 110. The molecule has 0 aromatic rings. The van der Waals surface area contributed by atoms with Gasteiger partial charge in [0.25, 0.3) is 0 Å². The molecule has 0 aliphatic heterocycles. The van der Waals surface area contributed by atoms with Crippen molar-refractivity contribution < 1.29 is 5.11 Å². The lowest BCUT2D eigenvalue weighted by Gasteiger charge is -2.13. The number of hydrogen-bond acceptors (Lipinski definition) is 1.